The van der Waals surface area contributed by atoms with Crippen molar-refractivity contribution in [3.05, 3.63) is 40.6 Å². The maximum absolute atomic E-state index is 5.69. The van der Waals surface area contributed by atoms with Crippen LogP contribution in [-0.4, -0.2) is 47.3 Å². The molecule has 0 radical (unpaired) electrons. The SMILES string of the molecule is CCCC(=C(C)C)/C(=C\NC)c1cc(OC)c(CN(C)C)c(OC)c1.CN. The van der Waals surface area contributed by atoms with Gasteiger partial charge in [-0.3, -0.25) is 0 Å². The molecule has 0 aliphatic heterocycles. The molecule has 0 fully saturated rings. The average Bonchev–Trinajstić information content (AvgIpc) is 2.65. The van der Waals surface area contributed by atoms with Gasteiger partial charge in [-0.05, 0) is 64.7 Å². The van der Waals surface area contributed by atoms with Crippen LogP contribution < -0.4 is 20.5 Å². The van der Waals surface area contributed by atoms with Gasteiger partial charge in [0.05, 0.1) is 19.8 Å². The maximum Gasteiger partial charge on any atom is 0.127 e. The van der Waals surface area contributed by atoms with Gasteiger partial charge in [0.2, 0.25) is 0 Å². The fourth-order valence-corrected chi connectivity index (χ4v) is 3.00. The van der Waals surface area contributed by atoms with Crippen LogP contribution in [0.3, 0.4) is 0 Å². The van der Waals surface area contributed by atoms with Gasteiger partial charge in [0.1, 0.15) is 11.5 Å². The average molecular weight is 378 g/mol. The fraction of sp³-hybridized carbons (Fsp3) is 0.545. The molecular formula is C22H39N3O2. The van der Waals surface area contributed by atoms with Crippen LogP contribution in [0.4, 0.5) is 0 Å². The molecule has 0 saturated carbocycles. The van der Waals surface area contributed by atoms with Gasteiger partial charge >= 0.3 is 0 Å². The number of benzene rings is 1. The highest BCUT2D eigenvalue weighted by Gasteiger charge is 2.17. The number of nitrogens with one attached hydrogen (secondary N) is 1. The summed E-state index contributed by atoms with van der Waals surface area (Å²) in [6, 6.07) is 4.23. The minimum atomic E-state index is 0.766. The Balaban J connectivity index is 0.00000326. The molecule has 1 aromatic rings. The topological polar surface area (TPSA) is 59.8 Å². The van der Waals surface area contributed by atoms with E-state index in [1.54, 1.807) is 14.2 Å². The van der Waals surface area contributed by atoms with E-state index in [0.29, 0.717) is 0 Å². The summed E-state index contributed by atoms with van der Waals surface area (Å²) >= 11 is 0. The van der Waals surface area contributed by atoms with Gasteiger partial charge in [-0.1, -0.05) is 18.9 Å². The predicted molar refractivity (Wildman–Crippen MR) is 117 cm³/mol. The third-order valence-electron chi connectivity index (χ3n) is 4.11. The second kappa shape index (κ2) is 13.2. The summed E-state index contributed by atoms with van der Waals surface area (Å²) in [7, 11) is 11.0. The molecule has 0 bridgehead atoms. The van der Waals surface area contributed by atoms with E-state index in [0.717, 1.165) is 42.0 Å². The molecule has 3 N–H and O–H groups in total. The summed E-state index contributed by atoms with van der Waals surface area (Å²) in [4.78, 5) is 2.11. The summed E-state index contributed by atoms with van der Waals surface area (Å²) in [6.45, 7) is 7.32. The third-order valence-corrected chi connectivity index (χ3v) is 4.11. The van der Waals surface area contributed by atoms with E-state index in [1.165, 1.54) is 23.8 Å². The number of allylic oxidation sites excluding steroid dienone is 3. The lowest BCUT2D eigenvalue weighted by Gasteiger charge is -2.21. The number of nitrogens with two attached hydrogens (primary N) is 1. The van der Waals surface area contributed by atoms with Crippen molar-refractivity contribution in [1.82, 2.24) is 10.2 Å². The zero-order chi connectivity index (χ0) is 21.0. The van der Waals surface area contributed by atoms with Gasteiger partial charge in [-0.2, -0.15) is 0 Å². The smallest absolute Gasteiger partial charge is 0.127 e. The number of rotatable bonds is 9. The Morgan fingerprint density at radius 1 is 1.11 bits per heavy atom. The van der Waals surface area contributed by atoms with Crippen molar-refractivity contribution in [3.63, 3.8) is 0 Å². The molecular weight excluding hydrogens is 338 g/mol. The molecule has 0 spiro atoms. The van der Waals surface area contributed by atoms with Crippen molar-refractivity contribution >= 4 is 5.57 Å². The standard InChI is InChI=1S/C21H34N2O2.CH5N/c1-9-10-17(15(2)3)18(13-22-4)16-11-20(24-7)19(14-23(5)6)21(12-16)25-8;1-2/h11-13,22H,9-10,14H2,1-8H3;2H2,1H3/b18-13-;. The zero-order valence-corrected chi connectivity index (χ0v) is 18.7. The molecule has 1 rings (SSSR count). The maximum atomic E-state index is 5.69. The summed E-state index contributed by atoms with van der Waals surface area (Å²) in [6.07, 6.45) is 4.21. The Hall–Kier alpha value is -1.98. The van der Waals surface area contributed by atoms with Crippen molar-refractivity contribution in [1.29, 1.82) is 0 Å². The van der Waals surface area contributed by atoms with Crippen LogP contribution in [0.2, 0.25) is 0 Å². The first kappa shape index (κ1) is 25.0. The van der Waals surface area contributed by atoms with E-state index in [4.69, 9.17) is 9.47 Å². The van der Waals surface area contributed by atoms with Gasteiger partial charge in [0.25, 0.3) is 0 Å². The largest absolute Gasteiger partial charge is 0.496 e. The summed E-state index contributed by atoms with van der Waals surface area (Å²) in [5.41, 5.74) is 10.6. The van der Waals surface area contributed by atoms with Crippen LogP contribution >= 0.6 is 0 Å². The Bertz CT molecular complexity index is 605. The molecule has 27 heavy (non-hydrogen) atoms. The first-order chi connectivity index (χ1) is 12.9. The molecule has 5 heteroatoms. The molecule has 154 valence electrons. The first-order valence-electron chi connectivity index (χ1n) is 9.41. The molecule has 0 unspecified atom stereocenters. The normalized spacial score (nSPS) is 10.9. The fourth-order valence-electron chi connectivity index (χ4n) is 3.00. The highest BCUT2D eigenvalue weighted by atomic mass is 16.5. The van der Waals surface area contributed by atoms with Crippen molar-refractivity contribution in [2.75, 3.05) is 42.4 Å². The number of ether oxygens (including phenoxy) is 2. The van der Waals surface area contributed by atoms with Crippen molar-refractivity contribution < 1.29 is 9.47 Å². The molecule has 0 amide bonds. The van der Waals surface area contributed by atoms with Crippen molar-refractivity contribution in [2.24, 2.45) is 5.73 Å². The lowest BCUT2D eigenvalue weighted by molar-refractivity contribution is 0.348. The monoisotopic (exact) mass is 377 g/mol. The molecule has 0 aromatic heterocycles. The van der Waals surface area contributed by atoms with Crippen LogP contribution in [0, 0.1) is 0 Å². The van der Waals surface area contributed by atoms with E-state index >= 15 is 0 Å². The highest BCUT2D eigenvalue weighted by Crippen LogP contribution is 2.37. The van der Waals surface area contributed by atoms with E-state index in [9.17, 15) is 0 Å². The summed E-state index contributed by atoms with van der Waals surface area (Å²) < 4.78 is 11.4. The van der Waals surface area contributed by atoms with Crippen LogP contribution in [0.1, 0.15) is 44.7 Å². The lowest BCUT2D eigenvalue weighted by Crippen LogP contribution is -2.13. The lowest BCUT2D eigenvalue weighted by atomic mass is 9.91. The second-order valence-electron chi connectivity index (χ2n) is 6.67. The second-order valence-corrected chi connectivity index (χ2v) is 6.67. The van der Waals surface area contributed by atoms with Crippen molar-refractivity contribution in [2.45, 2.75) is 40.2 Å². The predicted octanol–water partition coefficient (Wildman–Crippen LogP) is 4.04. The van der Waals surface area contributed by atoms with Gasteiger partial charge in [0, 0.05) is 25.4 Å². The van der Waals surface area contributed by atoms with Gasteiger partial charge in [-0.15, -0.1) is 0 Å². The molecule has 0 aliphatic carbocycles. The van der Waals surface area contributed by atoms with Gasteiger partial charge < -0.3 is 25.4 Å². The zero-order valence-electron chi connectivity index (χ0n) is 18.7. The summed E-state index contributed by atoms with van der Waals surface area (Å²) in [5.74, 6) is 1.71. The first-order valence-corrected chi connectivity index (χ1v) is 9.41. The summed E-state index contributed by atoms with van der Waals surface area (Å²) in [5, 5.41) is 3.20. The Morgan fingerprint density at radius 3 is 1.96 bits per heavy atom. The molecule has 0 aliphatic rings. The van der Waals surface area contributed by atoms with E-state index in [-0.39, 0.29) is 0 Å². The molecule has 0 saturated heterocycles. The molecule has 5 nitrogen and oxygen atoms in total. The number of methoxy groups -OCH3 is 2. The van der Waals surface area contributed by atoms with Crippen LogP contribution in [0.5, 0.6) is 11.5 Å². The highest BCUT2D eigenvalue weighted by molar-refractivity contribution is 5.81. The number of hydrogen-bond acceptors (Lipinski definition) is 5. The number of hydrogen-bond donors (Lipinski definition) is 2. The van der Waals surface area contributed by atoms with Crippen molar-refractivity contribution in [3.8, 4) is 11.5 Å². The Kier molecular flexibility index (Phi) is 12.3. The van der Waals surface area contributed by atoms with E-state index in [1.807, 2.05) is 21.1 Å². The molecule has 0 atom stereocenters. The Morgan fingerprint density at radius 2 is 1.63 bits per heavy atom. The molecule has 0 heterocycles. The number of nitrogens with zero attached hydrogens (tertiary/aromatic N) is 1. The molecule has 1 aromatic carbocycles. The van der Waals surface area contributed by atoms with Crippen LogP contribution in [-0.2, 0) is 6.54 Å². The van der Waals surface area contributed by atoms with E-state index in [2.05, 4.69) is 55.1 Å². The third kappa shape index (κ3) is 7.27. The van der Waals surface area contributed by atoms with Crippen LogP contribution in [0.15, 0.2) is 29.5 Å². The quantitative estimate of drug-likeness (QED) is 0.636. The Labute approximate surface area is 166 Å². The van der Waals surface area contributed by atoms with E-state index < -0.39 is 0 Å². The van der Waals surface area contributed by atoms with Gasteiger partial charge in [-0.25, -0.2) is 0 Å². The van der Waals surface area contributed by atoms with Crippen LogP contribution in [0.25, 0.3) is 5.57 Å². The van der Waals surface area contributed by atoms with Gasteiger partial charge in [0.15, 0.2) is 0 Å². The minimum Gasteiger partial charge on any atom is -0.496 e. The minimum absolute atomic E-state index is 0.766.